The molecule has 0 saturated heterocycles. The number of aryl methyl sites for hydroxylation is 3. The van der Waals surface area contributed by atoms with Crippen LogP contribution in [0.1, 0.15) is 59.7 Å². The van der Waals surface area contributed by atoms with Crippen molar-refractivity contribution in [2.24, 2.45) is 0 Å². The standard InChI is InChI=1S/C17H25N5O/c1-13-18-10-12-22(13)11-6-9-19-17(23)16-14-7-4-2-3-5-8-15(14)20-21-16/h10,12H,2-9,11H2,1H3,(H,19,23)(H,20,21). The zero-order valence-electron chi connectivity index (χ0n) is 13.8. The van der Waals surface area contributed by atoms with Gasteiger partial charge in [-0.05, 0) is 39.0 Å². The average molecular weight is 315 g/mol. The van der Waals surface area contributed by atoms with Crippen molar-refractivity contribution in [3.05, 3.63) is 35.2 Å². The number of rotatable bonds is 5. The van der Waals surface area contributed by atoms with Gasteiger partial charge in [0.15, 0.2) is 5.69 Å². The van der Waals surface area contributed by atoms with Crippen LogP contribution in [0.4, 0.5) is 0 Å². The first-order valence-electron chi connectivity index (χ1n) is 8.58. The van der Waals surface area contributed by atoms with Gasteiger partial charge in [0.1, 0.15) is 5.82 Å². The third kappa shape index (κ3) is 3.81. The van der Waals surface area contributed by atoms with E-state index in [0.29, 0.717) is 12.2 Å². The maximum atomic E-state index is 12.4. The SMILES string of the molecule is Cc1nccn1CCCNC(=O)c1n[nH]c2c1CCCCCC2. The molecule has 1 amide bonds. The van der Waals surface area contributed by atoms with E-state index in [1.807, 2.05) is 13.1 Å². The van der Waals surface area contributed by atoms with E-state index in [9.17, 15) is 4.79 Å². The Balaban J connectivity index is 1.53. The number of hydrogen-bond donors (Lipinski definition) is 2. The second kappa shape index (κ2) is 7.44. The molecule has 1 aliphatic carbocycles. The summed E-state index contributed by atoms with van der Waals surface area (Å²) >= 11 is 0. The first-order chi connectivity index (χ1) is 11.3. The number of hydrogen-bond acceptors (Lipinski definition) is 3. The number of imidazole rings is 1. The minimum absolute atomic E-state index is 0.0505. The van der Waals surface area contributed by atoms with Gasteiger partial charge in [-0.15, -0.1) is 0 Å². The van der Waals surface area contributed by atoms with Crippen molar-refractivity contribution in [3.63, 3.8) is 0 Å². The highest BCUT2D eigenvalue weighted by atomic mass is 16.1. The lowest BCUT2D eigenvalue weighted by atomic mass is 9.97. The van der Waals surface area contributed by atoms with Crippen molar-refractivity contribution < 1.29 is 4.79 Å². The highest BCUT2D eigenvalue weighted by Gasteiger charge is 2.19. The zero-order chi connectivity index (χ0) is 16.1. The smallest absolute Gasteiger partial charge is 0.272 e. The molecule has 0 spiro atoms. The van der Waals surface area contributed by atoms with Crippen molar-refractivity contribution in [1.29, 1.82) is 0 Å². The van der Waals surface area contributed by atoms with Crippen LogP contribution in [-0.2, 0) is 19.4 Å². The first-order valence-corrected chi connectivity index (χ1v) is 8.58. The highest BCUT2D eigenvalue weighted by Crippen LogP contribution is 2.21. The molecule has 124 valence electrons. The molecule has 0 radical (unpaired) electrons. The fourth-order valence-corrected chi connectivity index (χ4v) is 3.20. The Bertz CT molecular complexity index is 658. The molecule has 0 atom stereocenters. The minimum Gasteiger partial charge on any atom is -0.351 e. The van der Waals surface area contributed by atoms with Gasteiger partial charge in [-0.1, -0.05) is 12.8 Å². The van der Waals surface area contributed by atoms with Gasteiger partial charge in [-0.3, -0.25) is 9.89 Å². The van der Waals surface area contributed by atoms with E-state index in [0.717, 1.165) is 49.3 Å². The van der Waals surface area contributed by atoms with E-state index in [-0.39, 0.29) is 5.91 Å². The van der Waals surface area contributed by atoms with Gasteiger partial charge in [0.05, 0.1) is 0 Å². The summed E-state index contributed by atoms with van der Waals surface area (Å²) in [5.41, 5.74) is 2.89. The monoisotopic (exact) mass is 315 g/mol. The summed E-state index contributed by atoms with van der Waals surface area (Å²) in [4.78, 5) is 16.6. The summed E-state index contributed by atoms with van der Waals surface area (Å²) in [5, 5.41) is 10.3. The van der Waals surface area contributed by atoms with Crippen LogP contribution in [0.15, 0.2) is 12.4 Å². The molecule has 6 nitrogen and oxygen atoms in total. The molecule has 0 bridgehead atoms. The van der Waals surface area contributed by atoms with Crippen LogP contribution >= 0.6 is 0 Å². The average Bonchev–Trinajstić information content (AvgIpc) is 3.09. The molecular formula is C17H25N5O. The largest absolute Gasteiger partial charge is 0.351 e. The molecule has 0 aromatic carbocycles. The van der Waals surface area contributed by atoms with E-state index >= 15 is 0 Å². The molecule has 2 heterocycles. The predicted molar refractivity (Wildman–Crippen MR) is 88.4 cm³/mol. The molecule has 3 rings (SSSR count). The van der Waals surface area contributed by atoms with Crippen LogP contribution in [0.3, 0.4) is 0 Å². The Hall–Kier alpha value is -2.11. The van der Waals surface area contributed by atoms with Crippen LogP contribution in [0.2, 0.25) is 0 Å². The molecule has 2 aromatic rings. The first kappa shape index (κ1) is 15.8. The van der Waals surface area contributed by atoms with Gasteiger partial charge in [0.25, 0.3) is 5.91 Å². The molecule has 0 saturated carbocycles. The lowest BCUT2D eigenvalue weighted by Crippen LogP contribution is -2.26. The van der Waals surface area contributed by atoms with Crippen LogP contribution in [0, 0.1) is 6.92 Å². The Morgan fingerprint density at radius 3 is 2.91 bits per heavy atom. The van der Waals surface area contributed by atoms with Gasteiger partial charge in [-0.2, -0.15) is 5.10 Å². The molecule has 0 fully saturated rings. The van der Waals surface area contributed by atoms with E-state index in [1.165, 1.54) is 19.3 Å². The van der Waals surface area contributed by atoms with Crippen molar-refractivity contribution >= 4 is 5.91 Å². The topological polar surface area (TPSA) is 75.6 Å². The summed E-state index contributed by atoms with van der Waals surface area (Å²) in [6.07, 6.45) is 11.5. The van der Waals surface area contributed by atoms with Crippen LogP contribution in [0.25, 0.3) is 0 Å². The third-order valence-corrected chi connectivity index (χ3v) is 4.56. The summed E-state index contributed by atoms with van der Waals surface area (Å²) in [6, 6.07) is 0. The molecule has 2 aromatic heterocycles. The maximum absolute atomic E-state index is 12.4. The zero-order valence-corrected chi connectivity index (χ0v) is 13.8. The molecule has 2 N–H and O–H groups in total. The molecule has 1 aliphatic rings. The van der Waals surface area contributed by atoms with E-state index in [1.54, 1.807) is 6.20 Å². The van der Waals surface area contributed by atoms with E-state index < -0.39 is 0 Å². The quantitative estimate of drug-likeness (QED) is 0.832. The minimum atomic E-state index is -0.0505. The summed E-state index contributed by atoms with van der Waals surface area (Å²) in [7, 11) is 0. The lowest BCUT2D eigenvalue weighted by Gasteiger charge is -2.10. The summed E-state index contributed by atoms with van der Waals surface area (Å²) in [6.45, 7) is 3.50. The van der Waals surface area contributed by atoms with Crippen molar-refractivity contribution in [2.45, 2.75) is 58.4 Å². The Morgan fingerprint density at radius 1 is 1.30 bits per heavy atom. The van der Waals surface area contributed by atoms with Crippen LogP contribution in [-0.4, -0.2) is 32.2 Å². The predicted octanol–water partition coefficient (Wildman–Crippen LogP) is 2.39. The third-order valence-electron chi connectivity index (χ3n) is 4.56. The molecular weight excluding hydrogens is 290 g/mol. The number of aromatic nitrogens is 4. The Morgan fingerprint density at radius 2 is 2.13 bits per heavy atom. The van der Waals surface area contributed by atoms with Gasteiger partial charge in [0.2, 0.25) is 0 Å². The van der Waals surface area contributed by atoms with Gasteiger partial charge >= 0.3 is 0 Å². The normalized spacial score (nSPS) is 14.8. The number of fused-ring (bicyclic) bond motifs is 1. The second-order valence-corrected chi connectivity index (χ2v) is 6.22. The number of nitrogens with one attached hydrogen (secondary N) is 2. The summed E-state index contributed by atoms with van der Waals surface area (Å²) < 4.78 is 2.09. The highest BCUT2D eigenvalue weighted by molar-refractivity contribution is 5.93. The number of carbonyl (C=O) groups is 1. The second-order valence-electron chi connectivity index (χ2n) is 6.22. The van der Waals surface area contributed by atoms with Gasteiger partial charge < -0.3 is 9.88 Å². The molecule has 23 heavy (non-hydrogen) atoms. The molecule has 0 aliphatic heterocycles. The number of amides is 1. The fraction of sp³-hybridized carbons (Fsp3) is 0.588. The van der Waals surface area contributed by atoms with Gasteiger partial charge in [0, 0.05) is 36.7 Å². The Kier molecular flexibility index (Phi) is 5.10. The number of H-pyrrole nitrogens is 1. The summed E-state index contributed by atoms with van der Waals surface area (Å²) in [5.74, 6) is 0.954. The van der Waals surface area contributed by atoms with Crippen molar-refractivity contribution in [2.75, 3.05) is 6.54 Å². The maximum Gasteiger partial charge on any atom is 0.272 e. The van der Waals surface area contributed by atoms with Crippen molar-refractivity contribution in [3.8, 4) is 0 Å². The van der Waals surface area contributed by atoms with Crippen molar-refractivity contribution in [1.82, 2.24) is 25.1 Å². The Labute approximate surface area is 136 Å². The molecule has 0 unspecified atom stereocenters. The van der Waals surface area contributed by atoms with Crippen LogP contribution in [0.5, 0.6) is 0 Å². The fourth-order valence-electron chi connectivity index (χ4n) is 3.20. The van der Waals surface area contributed by atoms with Crippen LogP contribution < -0.4 is 5.32 Å². The number of aromatic amines is 1. The van der Waals surface area contributed by atoms with Gasteiger partial charge in [-0.25, -0.2) is 4.98 Å². The molecule has 6 heteroatoms. The number of carbonyl (C=O) groups excluding carboxylic acids is 1. The van der Waals surface area contributed by atoms with E-state index in [4.69, 9.17) is 0 Å². The number of nitrogens with zero attached hydrogens (tertiary/aromatic N) is 3. The van der Waals surface area contributed by atoms with E-state index in [2.05, 4.69) is 25.1 Å². The lowest BCUT2D eigenvalue weighted by molar-refractivity contribution is 0.0946.